The van der Waals surface area contributed by atoms with Crippen LogP contribution in [0.1, 0.15) is 37.3 Å². The van der Waals surface area contributed by atoms with Gasteiger partial charge >= 0.3 is 5.97 Å². The lowest BCUT2D eigenvalue weighted by Crippen LogP contribution is -2.49. The Morgan fingerprint density at radius 1 is 0.974 bits per heavy atom. The molecule has 1 aliphatic rings. The van der Waals surface area contributed by atoms with Crippen LogP contribution in [0.2, 0.25) is 0 Å². The van der Waals surface area contributed by atoms with Gasteiger partial charge in [-0.3, -0.25) is 4.79 Å². The number of nitrogens with zero attached hydrogens (tertiary/aromatic N) is 2. The van der Waals surface area contributed by atoms with Crippen LogP contribution < -0.4 is 14.4 Å². The molecule has 9 heteroatoms. The van der Waals surface area contributed by atoms with Gasteiger partial charge in [-0.05, 0) is 65.1 Å². The molecule has 0 amide bonds. The zero-order chi connectivity index (χ0) is 27.1. The number of aliphatic carboxylic acids is 1. The molecule has 8 nitrogen and oxygen atoms in total. The second kappa shape index (κ2) is 12.4. The number of carboxylic acids is 1. The summed E-state index contributed by atoms with van der Waals surface area (Å²) in [6, 6.07) is 19.5. The van der Waals surface area contributed by atoms with Gasteiger partial charge in [0.2, 0.25) is 0 Å². The van der Waals surface area contributed by atoms with Crippen LogP contribution in [-0.2, 0) is 15.0 Å². The van der Waals surface area contributed by atoms with E-state index in [-0.39, 0.29) is 6.42 Å². The molecular weight excluding hydrogens is 502 g/mol. The summed E-state index contributed by atoms with van der Waals surface area (Å²) in [6.07, 6.45) is 5.65. The Kier molecular flexibility index (Phi) is 9.04. The van der Waals surface area contributed by atoms with Gasteiger partial charge < -0.3 is 14.7 Å². The number of methoxy groups -OCH3 is 1. The lowest BCUT2D eigenvalue weighted by Gasteiger charge is -2.24. The zero-order valence-corrected chi connectivity index (χ0v) is 22.7. The van der Waals surface area contributed by atoms with Crippen molar-refractivity contribution in [1.82, 2.24) is 9.03 Å². The van der Waals surface area contributed by atoms with E-state index in [2.05, 4.69) is 70.3 Å². The average Bonchev–Trinajstić information content (AvgIpc) is 3.18. The fraction of sp³-hybridized carbons (Fsp3) is 0.345. The highest BCUT2D eigenvalue weighted by molar-refractivity contribution is 7.87. The quantitative estimate of drug-likeness (QED) is 0.366. The van der Waals surface area contributed by atoms with Crippen molar-refractivity contribution in [3.8, 4) is 5.75 Å². The summed E-state index contributed by atoms with van der Waals surface area (Å²) in [6.45, 7) is 3.73. The number of nitrogens with one attached hydrogen (secondary N) is 1. The van der Waals surface area contributed by atoms with Crippen LogP contribution in [0.15, 0.2) is 60.7 Å². The first-order valence-corrected chi connectivity index (χ1v) is 14.3. The molecule has 0 bridgehead atoms. The van der Waals surface area contributed by atoms with Gasteiger partial charge in [0.05, 0.1) is 7.11 Å². The first-order valence-electron chi connectivity index (χ1n) is 12.9. The van der Waals surface area contributed by atoms with Crippen LogP contribution in [0.5, 0.6) is 5.75 Å². The van der Waals surface area contributed by atoms with E-state index in [0.717, 1.165) is 39.9 Å². The van der Waals surface area contributed by atoms with Gasteiger partial charge in [0.25, 0.3) is 10.2 Å². The molecule has 0 unspecified atom stereocenters. The maximum atomic E-state index is 12.8. The van der Waals surface area contributed by atoms with Crippen LogP contribution in [0.4, 0.5) is 5.69 Å². The predicted octanol–water partition coefficient (Wildman–Crippen LogP) is 4.62. The van der Waals surface area contributed by atoms with Crippen LogP contribution >= 0.6 is 0 Å². The van der Waals surface area contributed by atoms with E-state index < -0.39 is 22.2 Å². The van der Waals surface area contributed by atoms with Gasteiger partial charge in [-0.2, -0.15) is 17.4 Å². The third kappa shape index (κ3) is 6.92. The number of hydrogen-bond donors (Lipinski definition) is 2. The number of ether oxygens (including phenoxy) is 1. The van der Waals surface area contributed by atoms with Crippen molar-refractivity contribution >= 4 is 44.8 Å². The van der Waals surface area contributed by atoms with E-state index in [1.807, 2.05) is 19.1 Å². The van der Waals surface area contributed by atoms with E-state index in [1.165, 1.54) is 4.31 Å². The molecule has 2 N–H and O–H groups in total. The summed E-state index contributed by atoms with van der Waals surface area (Å²) >= 11 is 0. The summed E-state index contributed by atoms with van der Waals surface area (Å²) in [4.78, 5) is 13.6. The highest BCUT2D eigenvalue weighted by Crippen LogP contribution is 2.23. The number of benzene rings is 3. The zero-order valence-electron chi connectivity index (χ0n) is 21.8. The molecule has 0 aromatic heterocycles. The van der Waals surface area contributed by atoms with Crippen LogP contribution in [0, 0.1) is 0 Å². The van der Waals surface area contributed by atoms with E-state index >= 15 is 0 Å². The minimum Gasteiger partial charge on any atom is -0.497 e. The lowest BCUT2D eigenvalue weighted by atomic mass is 10.1. The molecule has 0 saturated carbocycles. The maximum Gasteiger partial charge on any atom is 0.321 e. The van der Waals surface area contributed by atoms with Crippen molar-refractivity contribution in [2.45, 2.75) is 32.2 Å². The fourth-order valence-electron chi connectivity index (χ4n) is 4.63. The molecule has 1 atom stereocenters. The van der Waals surface area contributed by atoms with Gasteiger partial charge in [-0.15, -0.1) is 0 Å². The summed E-state index contributed by atoms with van der Waals surface area (Å²) in [5.74, 6) is -0.308. The number of rotatable bonds is 10. The second-order valence-corrected chi connectivity index (χ2v) is 11.1. The predicted molar refractivity (Wildman–Crippen MR) is 153 cm³/mol. The van der Waals surface area contributed by atoms with Crippen molar-refractivity contribution in [1.29, 1.82) is 0 Å². The SMILES string of the molecule is CCC[C@H](NS(=O)(=O)N1CCCN(c2ccc(/C=C/c3ccc4cc(OC)ccc4c3)cc2)CC1)C(=O)O. The maximum absolute atomic E-state index is 12.8. The largest absolute Gasteiger partial charge is 0.497 e. The molecule has 1 fully saturated rings. The number of carboxylic acid groups (broad SMARTS) is 1. The first-order chi connectivity index (χ1) is 18.3. The van der Waals surface area contributed by atoms with E-state index in [9.17, 15) is 18.3 Å². The van der Waals surface area contributed by atoms with Crippen molar-refractivity contribution in [3.63, 3.8) is 0 Å². The van der Waals surface area contributed by atoms with Gasteiger partial charge in [0, 0.05) is 31.9 Å². The molecule has 0 radical (unpaired) electrons. The lowest BCUT2D eigenvalue weighted by molar-refractivity contribution is -0.139. The molecule has 3 aromatic rings. The topological polar surface area (TPSA) is 99.2 Å². The van der Waals surface area contributed by atoms with Crippen LogP contribution in [-0.4, -0.2) is 63.1 Å². The molecule has 38 heavy (non-hydrogen) atoms. The summed E-state index contributed by atoms with van der Waals surface area (Å²) < 4.78 is 34.7. The normalized spacial score (nSPS) is 16.0. The molecule has 1 aliphatic heterocycles. The third-order valence-electron chi connectivity index (χ3n) is 6.76. The Bertz CT molecular complexity index is 1390. The Morgan fingerprint density at radius 2 is 1.66 bits per heavy atom. The molecule has 4 rings (SSSR count). The fourth-order valence-corrected chi connectivity index (χ4v) is 6.05. The van der Waals surface area contributed by atoms with Crippen molar-refractivity contribution in [2.75, 3.05) is 38.2 Å². The standard InChI is InChI=1S/C29H35N3O5S/c1-3-5-28(29(33)34)30-38(35,36)32-17-4-16-31(18-19-32)26-13-9-22(10-14-26)6-7-23-8-11-25-21-27(37-2)15-12-24(25)20-23/h6-15,20-21,28,30H,3-5,16-19H2,1-2H3,(H,33,34)/b7-6+/t28-/m0/s1. The highest BCUT2D eigenvalue weighted by Gasteiger charge is 2.30. The highest BCUT2D eigenvalue weighted by atomic mass is 32.2. The van der Waals surface area contributed by atoms with Crippen molar-refractivity contribution in [2.24, 2.45) is 0 Å². The molecule has 0 spiro atoms. The molecule has 3 aromatic carbocycles. The number of fused-ring (bicyclic) bond motifs is 1. The molecule has 202 valence electrons. The van der Waals surface area contributed by atoms with Gasteiger partial charge in [0.1, 0.15) is 11.8 Å². The Morgan fingerprint density at radius 3 is 2.37 bits per heavy atom. The minimum atomic E-state index is -3.88. The molecule has 1 saturated heterocycles. The Hall–Kier alpha value is -3.40. The minimum absolute atomic E-state index is 0.255. The molecule has 1 heterocycles. The number of carbonyl (C=O) groups is 1. The van der Waals surface area contributed by atoms with Gasteiger partial charge in [-0.25, -0.2) is 0 Å². The van der Waals surface area contributed by atoms with Crippen molar-refractivity contribution in [3.05, 3.63) is 71.8 Å². The number of anilines is 1. The van der Waals surface area contributed by atoms with Gasteiger partial charge in [0.15, 0.2) is 0 Å². The van der Waals surface area contributed by atoms with Crippen LogP contribution in [0.25, 0.3) is 22.9 Å². The molecular formula is C29H35N3O5S. The Balaban J connectivity index is 1.38. The number of hydrogen-bond acceptors (Lipinski definition) is 5. The van der Waals surface area contributed by atoms with E-state index in [0.29, 0.717) is 32.5 Å². The summed E-state index contributed by atoms with van der Waals surface area (Å²) in [7, 11) is -2.21. The summed E-state index contributed by atoms with van der Waals surface area (Å²) in [5.41, 5.74) is 3.21. The smallest absolute Gasteiger partial charge is 0.321 e. The molecule has 0 aliphatic carbocycles. The average molecular weight is 538 g/mol. The summed E-state index contributed by atoms with van der Waals surface area (Å²) in [5, 5.41) is 11.6. The van der Waals surface area contributed by atoms with Gasteiger partial charge in [-0.1, -0.05) is 55.8 Å². The first kappa shape index (κ1) is 27.6. The van der Waals surface area contributed by atoms with Crippen LogP contribution in [0.3, 0.4) is 0 Å². The van der Waals surface area contributed by atoms with E-state index in [1.54, 1.807) is 7.11 Å². The third-order valence-corrected chi connectivity index (χ3v) is 8.39. The van der Waals surface area contributed by atoms with E-state index in [4.69, 9.17) is 4.74 Å². The monoisotopic (exact) mass is 537 g/mol. The van der Waals surface area contributed by atoms with Crippen molar-refractivity contribution < 1.29 is 23.1 Å². The second-order valence-electron chi connectivity index (χ2n) is 9.44. The Labute approximate surface area is 224 Å².